The molecule has 0 aliphatic carbocycles. The fourth-order valence-corrected chi connectivity index (χ4v) is 3.96. The summed E-state index contributed by atoms with van der Waals surface area (Å²) in [5.74, 6) is -0.246. The standard InChI is InChI=1S/C19H14BrFN2S/c20-14-8-6-13(7-9-14)17-12-18(19-5-2-10-24-19)23(22-17)16-4-1-3-15(21)11-16/h1-11,18H,12H2/t18-/m1/s1. The third kappa shape index (κ3) is 3.01. The van der Waals surface area contributed by atoms with E-state index in [-0.39, 0.29) is 11.9 Å². The SMILES string of the molecule is Fc1cccc(N2N=C(c3ccc(Br)cc3)C[C@@H]2c2cccs2)c1. The normalized spacial score (nSPS) is 17.2. The maximum atomic E-state index is 13.7. The van der Waals surface area contributed by atoms with Crippen LogP contribution in [0.15, 0.2) is 75.6 Å². The highest BCUT2D eigenvalue weighted by Crippen LogP contribution is 2.38. The topological polar surface area (TPSA) is 15.6 Å². The van der Waals surface area contributed by atoms with E-state index in [0.29, 0.717) is 0 Å². The number of hydrogen-bond donors (Lipinski definition) is 0. The molecule has 0 amide bonds. The van der Waals surface area contributed by atoms with Crippen molar-refractivity contribution >= 4 is 38.7 Å². The van der Waals surface area contributed by atoms with Crippen molar-refractivity contribution in [3.05, 3.63) is 86.8 Å². The number of halogens is 2. The van der Waals surface area contributed by atoms with E-state index in [4.69, 9.17) is 5.10 Å². The number of benzene rings is 2. The van der Waals surface area contributed by atoms with Gasteiger partial charge in [-0.3, -0.25) is 5.01 Å². The van der Waals surface area contributed by atoms with Gasteiger partial charge in [0.2, 0.25) is 0 Å². The van der Waals surface area contributed by atoms with Gasteiger partial charge >= 0.3 is 0 Å². The first kappa shape index (κ1) is 15.5. The van der Waals surface area contributed by atoms with E-state index in [1.54, 1.807) is 17.4 Å². The highest BCUT2D eigenvalue weighted by atomic mass is 79.9. The summed E-state index contributed by atoms with van der Waals surface area (Å²) >= 11 is 5.17. The highest BCUT2D eigenvalue weighted by molar-refractivity contribution is 9.10. The summed E-state index contributed by atoms with van der Waals surface area (Å²) in [6, 6.07) is 19.0. The van der Waals surface area contributed by atoms with E-state index in [1.165, 1.54) is 17.0 Å². The predicted molar refractivity (Wildman–Crippen MR) is 101 cm³/mol. The van der Waals surface area contributed by atoms with Crippen LogP contribution in [0.3, 0.4) is 0 Å². The van der Waals surface area contributed by atoms with Gasteiger partial charge in [0, 0.05) is 15.8 Å². The van der Waals surface area contributed by atoms with Crippen LogP contribution in [0.25, 0.3) is 0 Å². The van der Waals surface area contributed by atoms with Crippen molar-refractivity contribution < 1.29 is 4.39 Å². The molecule has 2 heterocycles. The summed E-state index contributed by atoms with van der Waals surface area (Å²) in [7, 11) is 0. The van der Waals surface area contributed by atoms with Crippen molar-refractivity contribution in [1.29, 1.82) is 0 Å². The molecule has 0 radical (unpaired) electrons. The van der Waals surface area contributed by atoms with E-state index >= 15 is 0 Å². The zero-order chi connectivity index (χ0) is 16.5. The fraction of sp³-hybridized carbons (Fsp3) is 0.105. The second-order valence-corrected chi connectivity index (χ2v) is 7.51. The van der Waals surface area contributed by atoms with Crippen molar-refractivity contribution in [1.82, 2.24) is 0 Å². The Morgan fingerprint density at radius 2 is 1.92 bits per heavy atom. The van der Waals surface area contributed by atoms with Crippen LogP contribution in [-0.2, 0) is 0 Å². The van der Waals surface area contributed by atoms with Gasteiger partial charge in [0.15, 0.2) is 0 Å². The van der Waals surface area contributed by atoms with E-state index in [1.807, 2.05) is 29.3 Å². The summed E-state index contributed by atoms with van der Waals surface area (Å²) in [6.07, 6.45) is 0.804. The van der Waals surface area contributed by atoms with Gasteiger partial charge in [0.25, 0.3) is 0 Å². The Morgan fingerprint density at radius 3 is 2.62 bits per heavy atom. The Labute approximate surface area is 152 Å². The average molecular weight is 401 g/mol. The monoisotopic (exact) mass is 400 g/mol. The van der Waals surface area contributed by atoms with Crippen LogP contribution in [0.1, 0.15) is 22.9 Å². The Bertz CT molecular complexity index is 875. The smallest absolute Gasteiger partial charge is 0.125 e. The first-order valence-corrected chi connectivity index (χ1v) is 9.29. The number of thiophene rings is 1. The lowest BCUT2D eigenvalue weighted by Crippen LogP contribution is -2.17. The molecule has 1 aliphatic rings. The van der Waals surface area contributed by atoms with E-state index in [2.05, 4.69) is 39.5 Å². The maximum Gasteiger partial charge on any atom is 0.125 e. The molecular weight excluding hydrogens is 387 g/mol. The van der Waals surface area contributed by atoms with E-state index in [9.17, 15) is 4.39 Å². The fourth-order valence-electron chi connectivity index (χ4n) is 2.89. The van der Waals surface area contributed by atoms with Gasteiger partial charge in [-0.25, -0.2) is 4.39 Å². The van der Waals surface area contributed by atoms with Gasteiger partial charge in [0.1, 0.15) is 5.82 Å². The minimum Gasteiger partial charge on any atom is -0.256 e. The predicted octanol–water partition coefficient (Wildman–Crippen LogP) is 6.01. The van der Waals surface area contributed by atoms with Crippen molar-refractivity contribution in [3.8, 4) is 0 Å². The molecule has 0 fully saturated rings. The molecule has 2 aromatic carbocycles. The molecule has 2 nitrogen and oxygen atoms in total. The molecule has 5 heteroatoms. The van der Waals surface area contributed by atoms with Crippen LogP contribution in [-0.4, -0.2) is 5.71 Å². The molecule has 0 bridgehead atoms. The Hall–Kier alpha value is -1.98. The number of hydrogen-bond acceptors (Lipinski definition) is 3. The molecule has 0 saturated heterocycles. The summed E-state index contributed by atoms with van der Waals surface area (Å²) in [4.78, 5) is 1.23. The maximum absolute atomic E-state index is 13.7. The largest absolute Gasteiger partial charge is 0.256 e. The molecule has 24 heavy (non-hydrogen) atoms. The average Bonchev–Trinajstić information content (AvgIpc) is 3.25. The number of hydrazone groups is 1. The number of nitrogens with zero attached hydrogens (tertiary/aromatic N) is 2. The Balaban J connectivity index is 1.75. The van der Waals surface area contributed by atoms with E-state index in [0.717, 1.165) is 27.9 Å². The zero-order valence-electron chi connectivity index (χ0n) is 12.7. The Kier molecular flexibility index (Phi) is 4.21. The molecule has 3 aromatic rings. The lowest BCUT2D eigenvalue weighted by atomic mass is 10.0. The molecule has 0 unspecified atom stereocenters. The third-order valence-corrected chi connectivity index (χ3v) is 5.53. The lowest BCUT2D eigenvalue weighted by Gasteiger charge is -2.22. The summed E-state index contributed by atoms with van der Waals surface area (Å²) in [5, 5.41) is 8.81. The molecule has 4 rings (SSSR count). The first-order valence-electron chi connectivity index (χ1n) is 7.62. The molecule has 1 aliphatic heterocycles. The van der Waals surface area contributed by atoms with Crippen molar-refractivity contribution in [2.24, 2.45) is 5.10 Å². The third-order valence-electron chi connectivity index (χ3n) is 4.03. The quantitative estimate of drug-likeness (QED) is 0.525. The second-order valence-electron chi connectivity index (χ2n) is 5.61. The van der Waals surface area contributed by atoms with Crippen LogP contribution in [0.2, 0.25) is 0 Å². The molecule has 0 N–H and O–H groups in total. The minimum atomic E-state index is -0.246. The summed E-state index contributed by atoms with van der Waals surface area (Å²) < 4.78 is 14.7. The molecule has 1 aromatic heterocycles. The molecule has 0 saturated carbocycles. The van der Waals surface area contributed by atoms with Crippen molar-refractivity contribution in [3.63, 3.8) is 0 Å². The molecule has 120 valence electrons. The van der Waals surface area contributed by atoms with Crippen molar-refractivity contribution in [2.75, 3.05) is 5.01 Å². The zero-order valence-corrected chi connectivity index (χ0v) is 15.1. The van der Waals surface area contributed by atoms with Crippen LogP contribution < -0.4 is 5.01 Å². The number of anilines is 1. The molecule has 0 spiro atoms. The second kappa shape index (κ2) is 6.49. The molecule has 1 atom stereocenters. The highest BCUT2D eigenvalue weighted by Gasteiger charge is 2.30. The first-order chi connectivity index (χ1) is 11.7. The van der Waals surface area contributed by atoms with Crippen LogP contribution in [0.5, 0.6) is 0 Å². The van der Waals surface area contributed by atoms with Gasteiger partial charge in [-0.15, -0.1) is 11.3 Å². The van der Waals surface area contributed by atoms with Gasteiger partial charge in [-0.05, 0) is 47.3 Å². The van der Waals surface area contributed by atoms with Gasteiger partial charge in [-0.1, -0.05) is 40.2 Å². The van der Waals surface area contributed by atoms with Gasteiger partial charge in [0.05, 0.1) is 17.4 Å². The summed E-state index contributed by atoms with van der Waals surface area (Å²) in [5.41, 5.74) is 2.89. The molecular formula is C19H14BrFN2S. The number of rotatable bonds is 3. The van der Waals surface area contributed by atoms with Gasteiger partial charge < -0.3 is 0 Å². The van der Waals surface area contributed by atoms with Crippen molar-refractivity contribution in [2.45, 2.75) is 12.5 Å². The van der Waals surface area contributed by atoms with Gasteiger partial charge in [-0.2, -0.15) is 5.10 Å². The Morgan fingerprint density at radius 1 is 1.08 bits per heavy atom. The van der Waals surface area contributed by atoms with Crippen LogP contribution in [0, 0.1) is 5.82 Å². The van der Waals surface area contributed by atoms with Crippen LogP contribution >= 0.6 is 27.3 Å². The lowest BCUT2D eigenvalue weighted by molar-refractivity contribution is 0.624. The van der Waals surface area contributed by atoms with Crippen LogP contribution in [0.4, 0.5) is 10.1 Å². The van der Waals surface area contributed by atoms with E-state index < -0.39 is 0 Å². The summed E-state index contributed by atoms with van der Waals surface area (Å²) in [6.45, 7) is 0. The minimum absolute atomic E-state index is 0.102.